The Balaban J connectivity index is 1.75. The van der Waals surface area contributed by atoms with Crippen molar-refractivity contribution in [2.24, 2.45) is 7.05 Å². The number of carbonyl (C=O) groups excluding carboxylic acids is 1. The molecule has 0 saturated heterocycles. The summed E-state index contributed by atoms with van der Waals surface area (Å²) in [5.41, 5.74) is 2.59. The van der Waals surface area contributed by atoms with Gasteiger partial charge in [0, 0.05) is 48.2 Å². The lowest BCUT2D eigenvalue weighted by Gasteiger charge is -2.20. The van der Waals surface area contributed by atoms with Crippen LogP contribution in [0.15, 0.2) is 71.9 Å². The molecule has 1 unspecified atom stereocenters. The smallest absolute Gasteiger partial charge is 0.252 e. The summed E-state index contributed by atoms with van der Waals surface area (Å²) in [6.45, 7) is 0. The number of aromatic amines is 1. The largest absolute Gasteiger partial charge is 0.339 e. The lowest BCUT2D eigenvalue weighted by Crippen LogP contribution is -2.31. The van der Waals surface area contributed by atoms with Gasteiger partial charge in [0.05, 0.1) is 11.7 Å². The molecule has 7 nitrogen and oxygen atoms in total. The van der Waals surface area contributed by atoms with Crippen LogP contribution < -0.4 is 10.9 Å². The minimum Gasteiger partial charge on any atom is -0.339 e. The summed E-state index contributed by atoms with van der Waals surface area (Å²) in [4.78, 5) is 31.5. The highest BCUT2D eigenvalue weighted by Crippen LogP contribution is 2.23. The third kappa shape index (κ3) is 3.22. The average molecular weight is 359 g/mol. The van der Waals surface area contributed by atoms with Crippen LogP contribution in [0.3, 0.4) is 0 Å². The van der Waals surface area contributed by atoms with Gasteiger partial charge in [0.2, 0.25) is 5.56 Å². The first-order valence-corrected chi connectivity index (χ1v) is 8.44. The highest BCUT2D eigenvalue weighted by molar-refractivity contribution is 6.06. The summed E-state index contributed by atoms with van der Waals surface area (Å²) in [5.74, 6) is -0.247. The van der Waals surface area contributed by atoms with Crippen molar-refractivity contribution in [3.8, 4) is 0 Å². The van der Waals surface area contributed by atoms with Crippen molar-refractivity contribution in [2.45, 2.75) is 6.04 Å². The molecule has 7 heteroatoms. The standard InChI is InChI=1S/C20H17N5O2/c1-25-17(9-11-22-25)19(13-4-3-10-21-12-13)24-20(27)15-5-2-6-16-14(15)7-8-18(26)23-16/h2-12,19H,1H3,(H,23,26)(H,24,27). The van der Waals surface area contributed by atoms with Crippen molar-refractivity contribution >= 4 is 16.8 Å². The average Bonchev–Trinajstić information content (AvgIpc) is 3.11. The maximum Gasteiger partial charge on any atom is 0.252 e. The number of pyridine rings is 2. The van der Waals surface area contributed by atoms with Gasteiger partial charge in [0.1, 0.15) is 0 Å². The second kappa shape index (κ2) is 6.87. The Hall–Kier alpha value is -3.74. The second-order valence-corrected chi connectivity index (χ2v) is 6.16. The summed E-state index contributed by atoms with van der Waals surface area (Å²) >= 11 is 0. The number of amides is 1. The number of carbonyl (C=O) groups is 1. The van der Waals surface area contributed by atoms with E-state index in [1.165, 1.54) is 6.07 Å². The molecule has 2 N–H and O–H groups in total. The number of hydrogen-bond acceptors (Lipinski definition) is 4. The van der Waals surface area contributed by atoms with Crippen LogP contribution in [0.1, 0.15) is 27.7 Å². The summed E-state index contributed by atoms with van der Waals surface area (Å²) < 4.78 is 1.72. The molecule has 0 saturated carbocycles. The monoisotopic (exact) mass is 359 g/mol. The number of nitrogens with zero attached hydrogens (tertiary/aromatic N) is 3. The van der Waals surface area contributed by atoms with Gasteiger partial charge in [0.15, 0.2) is 0 Å². The predicted octanol–water partition coefficient (Wildman–Crippen LogP) is 2.18. The fourth-order valence-corrected chi connectivity index (χ4v) is 3.14. The van der Waals surface area contributed by atoms with E-state index in [-0.39, 0.29) is 11.5 Å². The number of rotatable bonds is 4. The lowest BCUT2D eigenvalue weighted by atomic mass is 10.0. The number of H-pyrrole nitrogens is 1. The van der Waals surface area contributed by atoms with Crippen LogP contribution in [0.5, 0.6) is 0 Å². The number of hydrogen-bond donors (Lipinski definition) is 2. The first-order chi connectivity index (χ1) is 13.1. The summed E-state index contributed by atoms with van der Waals surface area (Å²) in [6, 6.07) is 13.5. The zero-order valence-corrected chi connectivity index (χ0v) is 14.6. The zero-order valence-electron chi connectivity index (χ0n) is 14.6. The Bertz CT molecular complexity index is 1160. The molecular formula is C20H17N5O2. The fraction of sp³-hybridized carbons (Fsp3) is 0.100. The maximum absolute atomic E-state index is 13.1. The van der Waals surface area contributed by atoms with E-state index < -0.39 is 6.04 Å². The van der Waals surface area contributed by atoms with E-state index in [0.717, 1.165) is 11.3 Å². The number of fused-ring (bicyclic) bond motifs is 1. The van der Waals surface area contributed by atoms with E-state index in [4.69, 9.17) is 0 Å². The normalized spacial score (nSPS) is 12.0. The number of aromatic nitrogens is 4. The van der Waals surface area contributed by atoms with Gasteiger partial charge >= 0.3 is 0 Å². The van der Waals surface area contributed by atoms with E-state index in [2.05, 4.69) is 20.4 Å². The molecule has 3 aromatic heterocycles. The molecule has 0 aliphatic rings. The van der Waals surface area contributed by atoms with Gasteiger partial charge in [-0.05, 0) is 35.9 Å². The van der Waals surface area contributed by atoms with Crippen LogP contribution in [-0.4, -0.2) is 25.7 Å². The number of benzene rings is 1. The molecule has 1 amide bonds. The zero-order chi connectivity index (χ0) is 18.8. The molecule has 1 atom stereocenters. The minimum absolute atomic E-state index is 0.205. The highest BCUT2D eigenvalue weighted by atomic mass is 16.1. The molecule has 0 aliphatic heterocycles. The Morgan fingerprint density at radius 3 is 2.74 bits per heavy atom. The molecule has 1 aromatic carbocycles. The highest BCUT2D eigenvalue weighted by Gasteiger charge is 2.21. The van der Waals surface area contributed by atoms with Crippen LogP contribution in [0, 0.1) is 0 Å². The Morgan fingerprint density at radius 1 is 1.11 bits per heavy atom. The Kier molecular flexibility index (Phi) is 4.25. The lowest BCUT2D eigenvalue weighted by molar-refractivity contribution is 0.0943. The van der Waals surface area contributed by atoms with E-state index in [1.54, 1.807) is 47.5 Å². The van der Waals surface area contributed by atoms with Crippen molar-refractivity contribution in [1.29, 1.82) is 0 Å². The summed E-state index contributed by atoms with van der Waals surface area (Å²) in [5, 5.41) is 7.96. The van der Waals surface area contributed by atoms with E-state index in [0.29, 0.717) is 16.5 Å². The fourth-order valence-electron chi connectivity index (χ4n) is 3.14. The third-order valence-electron chi connectivity index (χ3n) is 4.46. The van der Waals surface area contributed by atoms with Crippen LogP contribution in [0.2, 0.25) is 0 Å². The third-order valence-corrected chi connectivity index (χ3v) is 4.46. The number of nitrogens with one attached hydrogen (secondary N) is 2. The Labute approximate surface area is 154 Å². The number of aryl methyl sites for hydroxylation is 1. The predicted molar refractivity (Wildman–Crippen MR) is 101 cm³/mol. The quantitative estimate of drug-likeness (QED) is 0.584. The van der Waals surface area contributed by atoms with Crippen LogP contribution in [0.4, 0.5) is 0 Å². The molecule has 134 valence electrons. The first-order valence-electron chi connectivity index (χ1n) is 8.44. The van der Waals surface area contributed by atoms with Gasteiger partial charge in [-0.25, -0.2) is 0 Å². The van der Waals surface area contributed by atoms with Crippen molar-refractivity contribution in [3.63, 3.8) is 0 Å². The Morgan fingerprint density at radius 2 is 2.00 bits per heavy atom. The molecule has 0 spiro atoms. The van der Waals surface area contributed by atoms with Crippen molar-refractivity contribution < 1.29 is 4.79 Å². The van der Waals surface area contributed by atoms with Crippen LogP contribution >= 0.6 is 0 Å². The summed E-state index contributed by atoms with van der Waals surface area (Å²) in [6.07, 6.45) is 5.10. The van der Waals surface area contributed by atoms with Gasteiger partial charge in [-0.3, -0.25) is 19.3 Å². The summed E-state index contributed by atoms with van der Waals surface area (Å²) in [7, 11) is 1.83. The molecule has 27 heavy (non-hydrogen) atoms. The van der Waals surface area contributed by atoms with E-state index in [1.807, 2.05) is 25.2 Å². The molecule has 0 bridgehead atoms. The van der Waals surface area contributed by atoms with E-state index in [9.17, 15) is 9.59 Å². The minimum atomic E-state index is -0.406. The van der Waals surface area contributed by atoms with E-state index >= 15 is 0 Å². The van der Waals surface area contributed by atoms with Gasteiger partial charge in [0.25, 0.3) is 5.91 Å². The van der Waals surface area contributed by atoms with Crippen molar-refractivity contribution in [1.82, 2.24) is 25.1 Å². The van der Waals surface area contributed by atoms with Crippen LogP contribution in [0.25, 0.3) is 10.9 Å². The van der Waals surface area contributed by atoms with Gasteiger partial charge < -0.3 is 10.3 Å². The second-order valence-electron chi connectivity index (χ2n) is 6.16. The van der Waals surface area contributed by atoms with Crippen LogP contribution in [-0.2, 0) is 7.05 Å². The molecule has 4 rings (SSSR count). The van der Waals surface area contributed by atoms with Gasteiger partial charge in [-0.15, -0.1) is 0 Å². The first kappa shape index (κ1) is 16.7. The SMILES string of the molecule is Cn1nccc1C(NC(=O)c1cccc2[nH]c(=O)ccc12)c1cccnc1. The van der Waals surface area contributed by atoms with Crippen molar-refractivity contribution in [3.05, 3.63) is 94.3 Å². The molecule has 4 aromatic rings. The van der Waals surface area contributed by atoms with Gasteiger partial charge in [-0.2, -0.15) is 5.10 Å². The molecule has 3 heterocycles. The van der Waals surface area contributed by atoms with Crippen molar-refractivity contribution in [2.75, 3.05) is 0 Å². The molecular weight excluding hydrogens is 342 g/mol. The maximum atomic E-state index is 13.1. The molecule has 0 aliphatic carbocycles. The topological polar surface area (TPSA) is 92.7 Å². The molecule has 0 fully saturated rings. The molecule has 0 radical (unpaired) electrons. The van der Waals surface area contributed by atoms with Gasteiger partial charge in [-0.1, -0.05) is 12.1 Å².